The van der Waals surface area contributed by atoms with Gasteiger partial charge < -0.3 is 20.1 Å². The van der Waals surface area contributed by atoms with Crippen molar-refractivity contribution in [2.24, 2.45) is 0 Å². The number of nitrogens with zero attached hydrogens (tertiary/aromatic N) is 3. The van der Waals surface area contributed by atoms with Crippen molar-refractivity contribution in [1.82, 2.24) is 14.9 Å². The van der Waals surface area contributed by atoms with Gasteiger partial charge in [-0.15, -0.1) is 0 Å². The van der Waals surface area contributed by atoms with Crippen molar-refractivity contribution in [2.75, 3.05) is 25.0 Å². The number of hydrogen-bond acceptors (Lipinski definition) is 6. The number of rotatable bonds is 7. The molecule has 0 radical (unpaired) electrons. The number of aliphatic hydroxyl groups is 1. The Balaban J connectivity index is 1.51. The minimum Gasteiger partial charge on any atom is -0.489 e. The number of piperidine rings is 1. The van der Waals surface area contributed by atoms with E-state index in [4.69, 9.17) is 4.74 Å². The Morgan fingerprint density at radius 2 is 2.15 bits per heavy atom. The Bertz CT molecular complexity index is 712. The first-order valence-electron chi connectivity index (χ1n) is 9.39. The van der Waals surface area contributed by atoms with Crippen molar-refractivity contribution in [2.45, 2.75) is 38.3 Å². The minimum absolute atomic E-state index is 0.0110. The highest BCUT2D eigenvalue weighted by Gasteiger charge is 2.25. The summed E-state index contributed by atoms with van der Waals surface area (Å²) in [7, 11) is 0. The van der Waals surface area contributed by atoms with Crippen molar-refractivity contribution in [1.29, 1.82) is 0 Å². The van der Waals surface area contributed by atoms with E-state index in [2.05, 4.69) is 15.3 Å². The lowest BCUT2D eigenvalue weighted by atomic mass is 10.1. The van der Waals surface area contributed by atoms with Crippen LogP contribution >= 0.6 is 0 Å². The molecule has 0 saturated carbocycles. The van der Waals surface area contributed by atoms with Crippen LogP contribution in [0.4, 0.5) is 5.82 Å². The number of ether oxygens (including phenoxy) is 1. The predicted octanol–water partition coefficient (Wildman–Crippen LogP) is 2.34. The number of anilines is 1. The molecule has 0 aromatic carbocycles. The van der Waals surface area contributed by atoms with Gasteiger partial charge in [-0.05, 0) is 30.7 Å². The molecule has 3 rings (SSSR count). The summed E-state index contributed by atoms with van der Waals surface area (Å²) in [6, 6.07) is 7.27. The summed E-state index contributed by atoms with van der Waals surface area (Å²) < 4.78 is 5.92. The van der Waals surface area contributed by atoms with Crippen LogP contribution in [-0.4, -0.2) is 57.7 Å². The molecule has 144 valence electrons. The zero-order chi connectivity index (χ0) is 19.1. The van der Waals surface area contributed by atoms with Crippen molar-refractivity contribution < 1.29 is 14.6 Å². The van der Waals surface area contributed by atoms with Gasteiger partial charge >= 0.3 is 0 Å². The number of aliphatic hydroxyl groups excluding tert-OH is 1. The molecule has 1 saturated heterocycles. The van der Waals surface area contributed by atoms with Crippen molar-refractivity contribution in [3.63, 3.8) is 0 Å². The summed E-state index contributed by atoms with van der Waals surface area (Å²) in [5, 5.41) is 12.4. The van der Waals surface area contributed by atoms with E-state index in [1.54, 1.807) is 30.7 Å². The van der Waals surface area contributed by atoms with Crippen LogP contribution in [0.15, 0.2) is 42.9 Å². The van der Waals surface area contributed by atoms with E-state index >= 15 is 0 Å². The molecule has 0 bridgehead atoms. The fraction of sp³-hybridized carbons (Fsp3) is 0.450. The summed E-state index contributed by atoms with van der Waals surface area (Å²) in [5.74, 6) is 1.42. The maximum atomic E-state index is 12.7. The Morgan fingerprint density at radius 3 is 2.74 bits per heavy atom. The average Bonchev–Trinajstić information content (AvgIpc) is 2.73. The predicted molar refractivity (Wildman–Crippen MR) is 103 cm³/mol. The lowest BCUT2D eigenvalue weighted by Gasteiger charge is -2.32. The Hall–Kier alpha value is -2.67. The maximum Gasteiger partial charge on any atom is 0.255 e. The van der Waals surface area contributed by atoms with E-state index in [0.717, 1.165) is 25.0 Å². The first-order valence-corrected chi connectivity index (χ1v) is 9.39. The van der Waals surface area contributed by atoms with E-state index in [-0.39, 0.29) is 24.7 Å². The third kappa shape index (κ3) is 5.17. The topological polar surface area (TPSA) is 87.6 Å². The largest absolute Gasteiger partial charge is 0.489 e. The summed E-state index contributed by atoms with van der Waals surface area (Å²) in [4.78, 5) is 22.9. The monoisotopic (exact) mass is 370 g/mol. The van der Waals surface area contributed by atoms with Gasteiger partial charge in [-0.2, -0.15) is 0 Å². The third-order valence-corrected chi connectivity index (χ3v) is 4.74. The van der Waals surface area contributed by atoms with Gasteiger partial charge in [0.05, 0.1) is 24.4 Å². The number of amides is 1. The Morgan fingerprint density at radius 1 is 1.33 bits per heavy atom. The summed E-state index contributed by atoms with van der Waals surface area (Å²) in [5.41, 5.74) is 0.573. The number of aromatic nitrogens is 2. The Kier molecular flexibility index (Phi) is 6.59. The molecule has 7 nitrogen and oxygen atoms in total. The highest BCUT2D eigenvalue weighted by atomic mass is 16.5. The number of carbonyl (C=O) groups is 1. The van der Waals surface area contributed by atoms with Crippen LogP contribution in [0.1, 0.15) is 36.5 Å². The highest BCUT2D eigenvalue weighted by Crippen LogP contribution is 2.19. The van der Waals surface area contributed by atoms with Crippen LogP contribution in [-0.2, 0) is 0 Å². The molecule has 2 N–H and O–H groups in total. The normalized spacial score (nSPS) is 16.0. The molecule has 7 heteroatoms. The average molecular weight is 370 g/mol. The molecule has 27 heavy (non-hydrogen) atoms. The van der Waals surface area contributed by atoms with Crippen LogP contribution in [0.25, 0.3) is 0 Å². The molecule has 2 aromatic rings. The maximum absolute atomic E-state index is 12.7. The van der Waals surface area contributed by atoms with Crippen LogP contribution in [0.2, 0.25) is 0 Å². The molecular weight excluding hydrogens is 344 g/mol. The van der Waals surface area contributed by atoms with Crippen molar-refractivity contribution in [3.8, 4) is 5.75 Å². The first-order chi connectivity index (χ1) is 13.2. The lowest BCUT2D eigenvalue weighted by Crippen LogP contribution is -2.41. The summed E-state index contributed by atoms with van der Waals surface area (Å²) >= 11 is 0. The Labute approximate surface area is 159 Å². The molecule has 1 aliphatic rings. The molecule has 1 aliphatic heterocycles. The summed E-state index contributed by atoms with van der Waals surface area (Å²) in [6.45, 7) is 3.36. The first kappa shape index (κ1) is 19.1. The van der Waals surface area contributed by atoms with Gasteiger partial charge in [-0.3, -0.25) is 9.78 Å². The number of pyridine rings is 2. The molecule has 0 spiro atoms. The van der Waals surface area contributed by atoms with Gasteiger partial charge in [0.15, 0.2) is 0 Å². The second-order valence-electron chi connectivity index (χ2n) is 6.66. The molecule has 1 amide bonds. The van der Waals surface area contributed by atoms with E-state index in [0.29, 0.717) is 24.5 Å². The minimum atomic E-state index is -0.0297. The molecule has 0 aliphatic carbocycles. The van der Waals surface area contributed by atoms with Gasteiger partial charge in [0.25, 0.3) is 5.91 Å². The van der Waals surface area contributed by atoms with Crippen LogP contribution in [0.5, 0.6) is 5.75 Å². The van der Waals surface area contributed by atoms with Gasteiger partial charge in [0, 0.05) is 38.3 Å². The van der Waals surface area contributed by atoms with Crippen LogP contribution in [0, 0.1) is 0 Å². The van der Waals surface area contributed by atoms with Gasteiger partial charge in [0.1, 0.15) is 17.7 Å². The molecular formula is C20H26N4O3. The third-order valence-electron chi connectivity index (χ3n) is 4.74. The quantitative estimate of drug-likeness (QED) is 0.778. The van der Waals surface area contributed by atoms with Crippen LogP contribution in [0.3, 0.4) is 0 Å². The van der Waals surface area contributed by atoms with Gasteiger partial charge in [-0.1, -0.05) is 6.92 Å². The second kappa shape index (κ2) is 9.32. The van der Waals surface area contributed by atoms with Gasteiger partial charge in [0.2, 0.25) is 0 Å². The number of likely N-dealkylation sites (tertiary alicyclic amines) is 1. The van der Waals surface area contributed by atoms with E-state index < -0.39 is 0 Å². The van der Waals surface area contributed by atoms with Gasteiger partial charge in [-0.25, -0.2) is 4.98 Å². The molecule has 1 fully saturated rings. The standard InChI is InChI=1S/C20H26N4O3/c1-2-16(14-25)23-19-6-5-15(12-22-19)20(26)24-10-7-17(8-11-24)27-18-4-3-9-21-13-18/h3-6,9,12-13,16-17,25H,2,7-8,10-11,14H2,1H3,(H,22,23)/t16-/m1/s1. The molecule has 1 atom stereocenters. The van der Waals surface area contributed by atoms with Crippen molar-refractivity contribution >= 4 is 11.7 Å². The van der Waals surface area contributed by atoms with E-state index in [1.807, 2.05) is 24.0 Å². The van der Waals surface area contributed by atoms with Crippen LogP contribution < -0.4 is 10.1 Å². The number of nitrogens with one attached hydrogen (secondary N) is 1. The number of carbonyl (C=O) groups excluding carboxylic acids is 1. The smallest absolute Gasteiger partial charge is 0.255 e. The highest BCUT2D eigenvalue weighted by molar-refractivity contribution is 5.94. The zero-order valence-corrected chi connectivity index (χ0v) is 15.5. The van der Waals surface area contributed by atoms with E-state index in [9.17, 15) is 9.90 Å². The van der Waals surface area contributed by atoms with E-state index in [1.165, 1.54) is 0 Å². The van der Waals surface area contributed by atoms with Crippen molar-refractivity contribution in [3.05, 3.63) is 48.4 Å². The number of hydrogen-bond donors (Lipinski definition) is 2. The fourth-order valence-electron chi connectivity index (χ4n) is 3.06. The summed E-state index contributed by atoms with van der Waals surface area (Å²) in [6.07, 6.45) is 7.51. The molecule has 2 aromatic heterocycles. The molecule has 0 unspecified atom stereocenters. The molecule has 3 heterocycles. The zero-order valence-electron chi connectivity index (χ0n) is 15.5. The lowest BCUT2D eigenvalue weighted by molar-refractivity contribution is 0.0594. The SMILES string of the molecule is CC[C@H](CO)Nc1ccc(C(=O)N2CCC(Oc3cccnc3)CC2)cn1. The fourth-order valence-corrected chi connectivity index (χ4v) is 3.06. The second-order valence-corrected chi connectivity index (χ2v) is 6.66.